The van der Waals surface area contributed by atoms with Gasteiger partial charge in [0, 0.05) is 5.56 Å². The summed E-state index contributed by atoms with van der Waals surface area (Å²) in [6.45, 7) is 6.40. The molecule has 134 valence electrons. The van der Waals surface area contributed by atoms with E-state index in [9.17, 15) is 4.79 Å². The molecule has 0 aliphatic rings. The van der Waals surface area contributed by atoms with Gasteiger partial charge in [0.15, 0.2) is 0 Å². The van der Waals surface area contributed by atoms with Crippen molar-refractivity contribution in [1.82, 2.24) is 25.5 Å². The summed E-state index contributed by atoms with van der Waals surface area (Å²) in [6.07, 6.45) is 2.56. The van der Waals surface area contributed by atoms with Crippen LogP contribution in [0.25, 0.3) is 5.69 Å². The molecule has 1 atom stereocenters. The lowest BCUT2D eigenvalue weighted by atomic mass is 10.00. The molecule has 1 aromatic heterocycles. The largest absolute Gasteiger partial charge is 0.346 e. The maximum Gasteiger partial charge on any atom is 0.251 e. The molecular weight excluding hydrogens is 326 g/mol. The van der Waals surface area contributed by atoms with Crippen LogP contribution >= 0.6 is 0 Å². The third-order valence-corrected chi connectivity index (χ3v) is 4.19. The average molecular weight is 349 g/mol. The highest BCUT2D eigenvalue weighted by atomic mass is 16.1. The van der Waals surface area contributed by atoms with Crippen LogP contribution in [0.5, 0.6) is 0 Å². The molecule has 3 rings (SSSR count). The van der Waals surface area contributed by atoms with Crippen molar-refractivity contribution in [2.24, 2.45) is 5.92 Å². The normalized spacial score (nSPS) is 12.2. The molecule has 6 heteroatoms. The third-order valence-electron chi connectivity index (χ3n) is 4.19. The number of amides is 1. The summed E-state index contributed by atoms with van der Waals surface area (Å²) >= 11 is 0. The van der Waals surface area contributed by atoms with Crippen molar-refractivity contribution in [3.8, 4) is 5.69 Å². The van der Waals surface area contributed by atoms with Gasteiger partial charge in [-0.25, -0.2) is 4.68 Å². The lowest BCUT2D eigenvalue weighted by Gasteiger charge is -2.15. The van der Waals surface area contributed by atoms with Crippen molar-refractivity contribution < 1.29 is 4.79 Å². The minimum absolute atomic E-state index is 0.0766. The van der Waals surface area contributed by atoms with Gasteiger partial charge in [-0.1, -0.05) is 44.2 Å². The van der Waals surface area contributed by atoms with Crippen LogP contribution in [0.15, 0.2) is 54.9 Å². The highest BCUT2D eigenvalue weighted by Gasteiger charge is 2.12. The first-order chi connectivity index (χ1) is 12.5. The summed E-state index contributed by atoms with van der Waals surface area (Å²) in [5.74, 6) is 0.504. The van der Waals surface area contributed by atoms with Crippen LogP contribution in [0.1, 0.15) is 48.3 Å². The topological polar surface area (TPSA) is 72.7 Å². The number of nitrogens with zero attached hydrogens (tertiary/aromatic N) is 4. The number of tetrazole rings is 1. The van der Waals surface area contributed by atoms with Crippen molar-refractivity contribution in [2.45, 2.75) is 33.2 Å². The number of benzene rings is 2. The van der Waals surface area contributed by atoms with Gasteiger partial charge in [0.05, 0.1) is 11.7 Å². The van der Waals surface area contributed by atoms with Gasteiger partial charge in [0.25, 0.3) is 5.91 Å². The molecule has 6 nitrogen and oxygen atoms in total. The van der Waals surface area contributed by atoms with E-state index >= 15 is 0 Å². The summed E-state index contributed by atoms with van der Waals surface area (Å²) in [7, 11) is 0. The third kappa shape index (κ3) is 4.33. The Bertz CT molecular complexity index is 856. The molecule has 0 spiro atoms. The number of nitrogens with one attached hydrogen (secondary N) is 1. The lowest BCUT2D eigenvalue weighted by molar-refractivity contribution is 0.0940. The van der Waals surface area contributed by atoms with E-state index in [1.807, 2.05) is 19.1 Å². The summed E-state index contributed by atoms with van der Waals surface area (Å²) in [5.41, 5.74) is 3.72. The predicted molar refractivity (Wildman–Crippen MR) is 100 cm³/mol. The minimum Gasteiger partial charge on any atom is -0.346 e. The molecular formula is C20H23N5O. The Labute approximate surface area is 153 Å². The van der Waals surface area contributed by atoms with E-state index in [0.29, 0.717) is 11.5 Å². The molecule has 0 fully saturated rings. The van der Waals surface area contributed by atoms with Gasteiger partial charge in [-0.2, -0.15) is 0 Å². The first-order valence-corrected chi connectivity index (χ1v) is 8.76. The molecule has 0 unspecified atom stereocenters. The number of rotatable bonds is 6. The van der Waals surface area contributed by atoms with Gasteiger partial charge >= 0.3 is 0 Å². The van der Waals surface area contributed by atoms with E-state index in [1.165, 1.54) is 16.6 Å². The number of carbonyl (C=O) groups is 1. The molecule has 0 saturated carbocycles. The van der Waals surface area contributed by atoms with E-state index in [4.69, 9.17) is 0 Å². The minimum atomic E-state index is -0.126. The highest BCUT2D eigenvalue weighted by molar-refractivity contribution is 5.95. The average Bonchev–Trinajstić information content (AvgIpc) is 3.16. The van der Waals surface area contributed by atoms with E-state index in [1.54, 1.807) is 12.1 Å². The molecule has 3 aromatic rings. The Morgan fingerprint density at radius 2 is 1.88 bits per heavy atom. The number of carbonyl (C=O) groups excluding carboxylic acids is 1. The van der Waals surface area contributed by atoms with Crippen molar-refractivity contribution in [1.29, 1.82) is 0 Å². The first-order valence-electron chi connectivity index (χ1n) is 8.76. The number of hydrogen-bond acceptors (Lipinski definition) is 4. The van der Waals surface area contributed by atoms with Gasteiger partial charge < -0.3 is 5.32 Å². The smallest absolute Gasteiger partial charge is 0.251 e. The molecule has 0 aliphatic heterocycles. The Hall–Kier alpha value is -3.02. The maximum atomic E-state index is 12.6. The second-order valence-electron chi connectivity index (χ2n) is 6.84. The molecule has 0 bridgehead atoms. The van der Waals surface area contributed by atoms with Crippen LogP contribution in [-0.4, -0.2) is 26.1 Å². The standard InChI is InChI=1S/C20H23N5O/c1-14(2)11-16-7-9-17(10-8-16)15(3)22-20(26)18-5-4-6-19(12-18)25-13-21-23-24-25/h4-10,12-15H,11H2,1-3H3,(H,22,26)/t15-/m0/s1. The quantitative estimate of drug-likeness (QED) is 0.741. The van der Waals surface area contributed by atoms with Gasteiger partial charge in [-0.15, -0.1) is 5.10 Å². The second kappa shape index (κ2) is 7.91. The number of aromatic nitrogens is 4. The van der Waals surface area contributed by atoms with Gasteiger partial charge in [-0.05, 0) is 59.0 Å². The van der Waals surface area contributed by atoms with Crippen molar-refractivity contribution in [3.63, 3.8) is 0 Å². The molecule has 1 amide bonds. The molecule has 2 aromatic carbocycles. The fourth-order valence-electron chi connectivity index (χ4n) is 2.85. The fourth-order valence-corrected chi connectivity index (χ4v) is 2.85. The molecule has 0 saturated heterocycles. The van der Waals surface area contributed by atoms with E-state index < -0.39 is 0 Å². The Balaban J connectivity index is 1.68. The van der Waals surface area contributed by atoms with Crippen molar-refractivity contribution in [3.05, 3.63) is 71.5 Å². The molecule has 1 heterocycles. The molecule has 0 radical (unpaired) electrons. The van der Waals surface area contributed by atoms with E-state index in [-0.39, 0.29) is 11.9 Å². The molecule has 26 heavy (non-hydrogen) atoms. The maximum absolute atomic E-state index is 12.6. The Morgan fingerprint density at radius 3 is 2.54 bits per heavy atom. The van der Waals surface area contributed by atoms with E-state index in [2.05, 4.69) is 59.0 Å². The van der Waals surface area contributed by atoms with Gasteiger partial charge in [0.1, 0.15) is 6.33 Å². The monoisotopic (exact) mass is 349 g/mol. The second-order valence-corrected chi connectivity index (χ2v) is 6.84. The van der Waals surface area contributed by atoms with Crippen LogP contribution in [0, 0.1) is 5.92 Å². The van der Waals surface area contributed by atoms with E-state index in [0.717, 1.165) is 17.7 Å². The molecule has 1 N–H and O–H groups in total. The van der Waals surface area contributed by atoms with Crippen LogP contribution < -0.4 is 5.32 Å². The fraction of sp³-hybridized carbons (Fsp3) is 0.300. The van der Waals surface area contributed by atoms with Crippen LogP contribution in [-0.2, 0) is 6.42 Å². The Morgan fingerprint density at radius 1 is 1.12 bits per heavy atom. The summed E-state index contributed by atoms with van der Waals surface area (Å²) in [5, 5.41) is 14.1. The molecule has 0 aliphatic carbocycles. The lowest BCUT2D eigenvalue weighted by Crippen LogP contribution is -2.26. The zero-order chi connectivity index (χ0) is 18.5. The van der Waals surface area contributed by atoms with Crippen LogP contribution in [0.2, 0.25) is 0 Å². The zero-order valence-electron chi connectivity index (χ0n) is 15.3. The highest BCUT2D eigenvalue weighted by Crippen LogP contribution is 2.17. The summed E-state index contributed by atoms with van der Waals surface area (Å²) < 4.78 is 1.52. The van der Waals surface area contributed by atoms with Crippen molar-refractivity contribution >= 4 is 5.91 Å². The zero-order valence-corrected chi connectivity index (χ0v) is 15.3. The van der Waals surface area contributed by atoms with Gasteiger partial charge in [0.2, 0.25) is 0 Å². The van der Waals surface area contributed by atoms with Crippen LogP contribution in [0.3, 0.4) is 0 Å². The predicted octanol–water partition coefficient (Wildman–Crippen LogP) is 3.35. The summed E-state index contributed by atoms with van der Waals surface area (Å²) in [6, 6.07) is 15.6. The van der Waals surface area contributed by atoms with Crippen molar-refractivity contribution in [2.75, 3.05) is 0 Å². The van der Waals surface area contributed by atoms with Crippen LogP contribution in [0.4, 0.5) is 0 Å². The van der Waals surface area contributed by atoms with Gasteiger partial charge in [-0.3, -0.25) is 4.79 Å². The number of hydrogen-bond donors (Lipinski definition) is 1. The Kier molecular flexibility index (Phi) is 5.41. The first kappa shape index (κ1) is 17.8. The SMILES string of the molecule is CC(C)Cc1ccc([C@H](C)NC(=O)c2cccc(-n3cnnn3)c2)cc1. The summed E-state index contributed by atoms with van der Waals surface area (Å²) in [4.78, 5) is 12.6.